The minimum atomic E-state index is -0.0864. The van der Waals surface area contributed by atoms with Crippen LogP contribution in [0.15, 0.2) is 47.1 Å². The zero-order valence-electron chi connectivity index (χ0n) is 12.1. The van der Waals surface area contributed by atoms with Crippen LogP contribution in [0.1, 0.15) is 33.8 Å². The fourth-order valence-corrected chi connectivity index (χ4v) is 2.60. The van der Waals surface area contributed by atoms with Crippen molar-refractivity contribution < 1.29 is 18.7 Å². The van der Waals surface area contributed by atoms with Crippen LogP contribution in [0.25, 0.3) is 0 Å². The van der Waals surface area contributed by atoms with Crippen molar-refractivity contribution in [2.75, 3.05) is 13.1 Å². The predicted molar refractivity (Wildman–Crippen MR) is 80.1 cm³/mol. The summed E-state index contributed by atoms with van der Waals surface area (Å²) in [4.78, 5) is 24.9. The third-order valence-electron chi connectivity index (χ3n) is 3.80. The molecule has 0 aliphatic carbocycles. The van der Waals surface area contributed by atoms with Gasteiger partial charge < -0.3 is 14.1 Å². The molecule has 0 atom stereocenters. The van der Waals surface area contributed by atoms with Gasteiger partial charge in [-0.1, -0.05) is 12.1 Å². The molecule has 114 valence electrons. The van der Waals surface area contributed by atoms with Crippen LogP contribution >= 0.6 is 0 Å². The van der Waals surface area contributed by atoms with Crippen LogP contribution in [0.2, 0.25) is 0 Å². The summed E-state index contributed by atoms with van der Waals surface area (Å²) in [5.41, 5.74) is 0.552. The van der Waals surface area contributed by atoms with Crippen molar-refractivity contribution in [3.05, 3.63) is 54.0 Å². The number of hydrogen-bond donors (Lipinski definition) is 0. The Hall–Kier alpha value is -2.56. The van der Waals surface area contributed by atoms with Gasteiger partial charge in [0.15, 0.2) is 12.0 Å². The van der Waals surface area contributed by atoms with Crippen molar-refractivity contribution in [2.45, 2.75) is 18.9 Å². The minimum Gasteiger partial charge on any atom is -0.490 e. The number of furan rings is 1. The molecule has 1 saturated heterocycles. The van der Waals surface area contributed by atoms with Gasteiger partial charge in [0.2, 0.25) is 0 Å². The number of carbonyl (C=O) groups excluding carboxylic acids is 2. The first-order chi connectivity index (χ1) is 10.8. The normalized spacial score (nSPS) is 15.5. The molecular formula is C17H17NO4. The Morgan fingerprint density at radius 1 is 1.18 bits per heavy atom. The number of ether oxygens (including phenoxy) is 1. The van der Waals surface area contributed by atoms with Gasteiger partial charge in [0.25, 0.3) is 5.91 Å². The lowest BCUT2D eigenvalue weighted by Crippen LogP contribution is -2.41. The predicted octanol–water partition coefficient (Wildman–Crippen LogP) is 2.78. The first-order valence-corrected chi connectivity index (χ1v) is 7.31. The average molecular weight is 299 g/mol. The maximum absolute atomic E-state index is 12.2. The number of likely N-dealkylation sites (tertiary alicyclic amines) is 1. The molecule has 1 aliphatic rings. The summed E-state index contributed by atoms with van der Waals surface area (Å²) in [5.74, 6) is 0.885. The summed E-state index contributed by atoms with van der Waals surface area (Å²) in [6, 6.07) is 10.6. The lowest BCUT2D eigenvalue weighted by Gasteiger charge is -2.31. The number of nitrogens with zero attached hydrogens (tertiary/aromatic N) is 1. The van der Waals surface area contributed by atoms with Gasteiger partial charge >= 0.3 is 0 Å². The third kappa shape index (κ3) is 3.03. The molecule has 5 heteroatoms. The molecule has 0 bridgehead atoms. The second-order valence-corrected chi connectivity index (χ2v) is 5.24. The second-order valence-electron chi connectivity index (χ2n) is 5.24. The van der Waals surface area contributed by atoms with E-state index < -0.39 is 0 Å². The molecule has 3 rings (SSSR count). The largest absolute Gasteiger partial charge is 0.490 e. The van der Waals surface area contributed by atoms with E-state index in [2.05, 4.69) is 0 Å². The number of aldehydes is 1. The maximum atomic E-state index is 12.2. The summed E-state index contributed by atoms with van der Waals surface area (Å²) in [7, 11) is 0. The van der Waals surface area contributed by atoms with Crippen molar-refractivity contribution in [1.29, 1.82) is 0 Å². The smallest absolute Gasteiger partial charge is 0.289 e. The fourth-order valence-electron chi connectivity index (χ4n) is 2.60. The molecule has 2 heterocycles. The van der Waals surface area contributed by atoms with Crippen LogP contribution in [0.5, 0.6) is 5.75 Å². The first-order valence-electron chi connectivity index (χ1n) is 7.31. The van der Waals surface area contributed by atoms with Gasteiger partial charge in [-0.15, -0.1) is 0 Å². The lowest BCUT2D eigenvalue weighted by atomic mass is 10.1. The Labute approximate surface area is 128 Å². The summed E-state index contributed by atoms with van der Waals surface area (Å²) < 4.78 is 11.0. The highest BCUT2D eigenvalue weighted by atomic mass is 16.5. The molecule has 2 aromatic rings. The number of rotatable bonds is 4. The number of carbonyl (C=O) groups is 2. The van der Waals surface area contributed by atoms with Gasteiger partial charge in [0.05, 0.1) is 11.8 Å². The highest BCUT2D eigenvalue weighted by molar-refractivity contribution is 5.91. The molecule has 1 fully saturated rings. The summed E-state index contributed by atoms with van der Waals surface area (Å²) in [6.07, 6.45) is 3.78. The number of benzene rings is 1. The van der Waals surface area contributed by atoms with Crippen molar-refractivity contribution >= 4 is 12.2 Å². The fraction of sp³-hybridized carbons (Fsp3) is 0.294. The molecule has 0 unspecified atom stereocenters. The summed E-state index contributed by atoms with van der Waals surface area (Å²) in [6.45, 7) is 1.24. The van der Waals surface area contributed by atoms with Crippen LogP contribution in [-0.2, 0) is 0 Å². The van der Waals surface area contributed by atoms with E-state index in [-0.39, 0.29) is 12.0 Å². The number of hydrogen-bond acceptors (Lipinski definition) is 4. The molecule has 1 aromatic heterocycles. The quantitative estimate of drug-likeness (QED) is 0.815. The van der Waals surface area contributed by atoms with E-state index in [9.17, 15) is 9.59 Å². The zero-order valence-corrected chi connectivity index (χ0v) is 12.1. The Balaban J connectivity index is 1.58. The Morgan fingerprint density at radius 2 is 1.95 bits per heavy atom. The van der Waals surface area contributed by atoms with Gasteiger partial charge in [0, 0.05) is 25.9 Å². The van der Waals surface area contributed by atoms with Crippen molar-refractivity contribution in [3.8, 4) is 5.75 Å². The van der Waals surface area contributed by atoms with Crippen LogP contribution in [-0.4, -0.2) is 36.3 Å². The molecule has 5 nitrogen and oxygen atoms in total. The number of amides is 1. The minimum absolute atomic E-state index is 0.0155. The monoisotopic (exact) mass is 299 g/mol. The van der Waals surface area contributed by atoms with Gasteiger partial charge in [0.1, 0.15) is 11.9 Å². The highest BCUT2D eigenvalue weighted by Crippen LogP contribution is 2.22. The summed E-state index contributed by atoms with van der Waals surface area (Å²) in [5, 5.41) is 0. The van der Waals surface area contributed by atoms with Gasteiger partial charge in [-0.2, -0.15) is 0 Å². The lowest BCUT2D eigenvalue weighted by molar-refractivity contribution is 0.0566. The van der Waals surface area contributed by atoms with E-state index in [1.165, 1.54) is 6.26 Å². The van der Waals surface area contributed by atoms with Crippen LogP contribution in [0.3, 0.4) is 0 Å². The summed E-state index contributed by atoms with van der Waals surface area (Å²) >= 11 is 0. The molecule has 1 aromatic carbocycles. The van der Waals surface area contributed by atoms with Crippen LogP contribution in [0.4, 0.5) is 0 Å². The first kappa shape index (κ1) is 14.4. The molecule has 0 N–H and O–H groups in total. The number of para-hydroxylation sites is 1. The molecule has 1 amide bonds. The van der Waals surface area contributed by atoms with Crippen molar-refractivity contribution in [3.63, 3.8) is 0 Å². The van der Waals surface area contributed by atoms with Crippen molar-refractivity contribution in [2.24, 2.45) is 0 Å². The van der Waals surface area contributed by atoms with E-state index >= 15 is 0 Å². The molecule has 1 aliphatic heterocycles. The van der Waals surface area contributed by atoms with Crippen LogP contribution in [0, 0.1) is 0 Å². The average Bonchev–Trinajstić information content (AvgIpc) is 3.10. The molecule has 0 spiro atoms. The molecule has 0 saturated carbocycles. The van der Waals surface area contributed by atoms with Gasteiger partial charge in [-0.05, 0) is 24.3 Å². The third-order valence-corrected chi connectivity index (χ3v) is 3.80. The van der Waals surface area contributed by atoms with Gasteiger partial charge in [-0.3, -0.25) is 9.59 Å². The second kappa shape index (κ2) is 6.47. The van der Waals surface area contributed by atoms with Crippen molar-refractivity contribution in [1.82, 2.24) is 4.90 Å². The topological polar surface area (TPSA) is 59.8 Å². The molecule has 0 radical (unpaired) electrons. The van der Waals surface area contributed by atoms with Gasteiger partial charge in [-0.25, -0.2) is 0 Å². The van der Waals surface area contributed by atoms with E-state index in [0.29, 0.717) is 30.2 Å². The molecular weight excluding hydrogens is 282 g/mol. The zero-order chi connectivity index (χ0) is 15.4. The van der Waals surface area contributed by atoms with Crippen LogP contribution < -0.4 is 4.74 Å². The Kier molecular flexibility index (Phi) is 4.23. The Bertz CT molecular complexity index is 642. The Morgan fingerprint density at radius 3 is 2.64 bits per heavy atom. The SMILES string of the molecule is O=Cc1ccccc1OC1CCN(C(=O)c2ccco2)CC1. The van der Waals surface area contributed by atoms with E-state index in [1.807, 2.05) is 6.07 Å². The highest BCUT2D eigenvalue weighted by Gasteiger charge is 2.26. The maximum Gasteiger partial charge on any atom is 0.289 e. The molecule has 22 heavy (non-hydrogen) atoms. The van der Waals surface area contributed by atoms with E-state index in [1.54, 1.807) is 35.2 Å². The van der Waals surface area contributed by atoms with E-state index in [0.717, 1.165) is 19.1 Å². The standard InChI is InChI=1S/C17H17NO4/c19-12-13-4-1-2-5-15(13)22-14-7-9-18(10-8-14)17(20)16-6-3-11-21-16/h1-6,11-12,14H,7-10H2. The number of piperidine rings is 1. The van der Waals surface area contributed by atoms with E-state index in [4.69, 9.17) is 9.15 Å².